The Labute approximate surface area is 56.9 Å². The van der Waals surface area contributed by atoms with Crippen molar-refractivity contribution in [3.8, 4) is 0 Å². The van der Waals surface area contributed by atoms with Crippen LogP contribution in [0.1, 0.15) is 5.69 Å². The van der Waals surface area contributed by atoms with Crippen molar-refractivity contribution in [2.75, 3.05) is 0 Å². The van der Waals surface area contributed by atoms with Crippen LogP contribution in [0, 0.1) is 6.92 Å². The Bertz CT molecular complexity index is 355. The molecule has 0 saturated carbocycles. The Morgan fingerprint density at radius 2 is 2.30 bits per heavy atom. The lowest BCUT2D eigenvalue weighted by atomic mass is 10.3. The molecule has 0 fully saturated rings. The molecule has 0 N–H and O–H groups in total. The van der Waals surface area contributed by atoms with Crippen molar-refractivity contribution in [2.24, 2.45) is 0 Å². The van der Waals surface area contributed by atoms with Gasteiger partial charge in [0.25, 0.3) is 0 Å². The third-order valence-electron chi connectivity index (χ3n) is 1.37. The van der Waals surface area contributed by atoms with Crippen molar-refractivity contribution >= 4 is 11.0 Å². The van der Waals surface area contributed by atoms with Gasteiger partial charge < -0.3 is 4.52 Å². The fourth-order valence-corrected chi connectivity index (χ4v) is 0.835. The van der Waals surface area contributed by atoms with Crippen molar-refractivity contribution in [1.82, 2.24) is 15.4 Å². The monoisotopic (exact) mass is 135 g/mol. The first-order valence-corrected chi connectivity index (χ1v) is 2.90. The first-order chi connectivity index (χ1) is 4.88. The molecule has 0 saturated heterocycles. The molecule has 2 aromatic rings. The molecular weight excluding hydrogens is 130 g/mol. The molecule has 50 valence electrons. The Balaban J connectivity index is 2.95. The Hall–Kier alpha value is -1.45. The van der Waals surface area contributed by atoms with Crippen LogP contribution in [0.3, 0.4) is 0 Å². The Morgan fingerprint density at radius 1 is 1.40 bits per heavy atom. The molecule has 0 aromatic carbocycles. The minimum absolute atomic E-state index is 0.688. The van der Waals surface area contributed by atoms with E-state index in [4.69, 9.17) is 4.52 Å². The Morgan fingerprint density at radius 3 is 3.10 bits per heavy atom. The van der Waals surface area contributed by atoms with Gasteiger partial charge in [0.15, 0.2) is 5.58 Å². The van der Waals surface area contributed by atoms with Gasteiger partial charge in [0.2, 0.25) is 0 Å². The van der Waals surface area contributed by atoms with Crippen LogP contribution >= 0.6 is 0 Å². The molecule has 10 heavy (non-hydrogen) atoms. The highest BCUT2D eigenvalue weighted by atomic mass is 16.5. The largest absolute Gasteiger partial charge is 0.354 e. The SMILES string of the molecule is Cc1nncc2oncc12. The summed E-state index contributed by atoms with van der Waals surface area (Å²) in [6.07, 6.45) is 3.19. The Kier molecular flexibility index (Phi) is 0.943. The maximum atomic E-state index is 4.85. The molecule has 4 heteroatoms. The number of hydrogen-bond acceptors (Lipinski definition) is 4. The molecule has 0 amide bonds. The van der Waals surface area contributed by atoms with Gasteiger partial charge in [0.05, 0.1) is 23.5 Å². The second-order valence-electron chi connectivity index (χ2n) is 2.03. The van der Waals surface area contributed by atoms with Gasteiger partial charge in [-0.25, -0.2) is 0 Å². The molecule has 2 rings (SSSR count). The minimum Gasteiger partial charge on any atom is -0.354 e. The first-order valence-electron chi connectivity index (χ1n) is 2.90. The van der Waals surface area contributed by atoms with Crippen LogP contribution in [0.4, 0.5) is 0 Å². The molecule has 0 spiro atoms. The van der Waals surface area contributed by atoms with Gasteiger partial charge in [-0.1, -0.05) is 5.16 Å². The summed E-state index contributed by atoms with van der Waals surface area (Å²) in [7, 11) is 0. The number of nitrogens with zero attached hydrogens (tertiary/aromatic N) is 3. The number of aromatic nitrogens is 3. The van der Waals surface area contributed by atoms with E-state index in [1.165, 1.54) is 0 Å². The normalized spacial score (nSPS) is 10.5. The zero-order valence-electron chi connectivity index (χ0n) is 5.40. The molecule has 0 atom stereocenters. The van der Waals surface area contributed by atoms with Gasteiger partial charge in [-0.05, 0) is 6.92 Å². The van der Waals surface area contributed by atoms with Crippen LogP contribution in [-0.2, 0) is 0 Å². The number of hydrogen-bond donors (Lipinski definition) is 0. The average molecular weight is 135 g/mol. The zero-order valence-corrected chi connectivity index (χ0v) is 5.40. The lowest BCUT2D eigenvalue weighted by Crippen LogP contribution is -1.83. The number of rotatable bonds is 0. The molecular formula is C6H5N3O. The highest BCUT2D eigenvalue weighted by Gasteiger charge is 2.00. The van der Waals surface area contributed by atoms with E-state index in [9.17, 15) is 0 Å². The summed E-state index contributed by atoms with van der Waals surface area (Å²) < 4.78 is 4.85. The van der Waals surface area contributed by atoms with Crippen molar-refractivity contribution in [3.63, 3.8) is 0 Å². The van der Waals surface area contributed by atoms with Crippen LogP contribution in [0.5, 0.6) is 0 Å². The summed E-state index contributed by atoms with van der Waals surface area (Å²) in [4.78, 5) is 0. The van der Waals surface area contributed by atoms with Gasteiger partial charge in [-0.15, -0.1) is 0 Å². The maximum Gasteiger partial charge on any atom is 0.188 e. The summed E-state index contributed by atoms with van der Waals surface area (Å²) in [5.41, 5.74) is 1.53. The van der Waals surface area contributed by atoms with Gasteiger partial charge >= 0.3 is 0 Å². The summed E-state index contributed by atoms with van der Waals surface area (Å²) in [6, 6.07) is 0. The van der Waals surface area contributed by atoms with E-state index < -0.39 is 0 Å². The van der Waals surface area contributed by atoms with Gasteiger partial charge in [0.1, 0.15) is 0 Å². The molecule has 0 aliphatic carbocycles. The molecule has 0 aliphatic heterocycles. The molecule has 4 nitrogen and oxygen atoms in total. The molecule has 2 aromatic heterocycles. The zero-order chi connectivity index (χ0) is 6.97. The van der Waals surface area contributed by atoms with Crippen molar-refractivity contribution in [3.05, 3.63) is 18.1 Å². The second-order valence-corrected chi connectivity index (χ2v) is 2.03. The van der Waals surface area contributed by atoms with Gasteiger partial charge in [-0.3, -0.25) is 0 Å². The third-order valence-corrected chi connectivity index (χ3v) is 1.37. The highest BCUT2D eigenvalue weighted by molar-refractivity contribution is 5.76. The van der Waals surface area contributed by atoms with Gasteiger partial charge in [-0.2, -0.15) is 10.2 Å². The topological polar surface area (TPSA) is 51.8 Å². The lowest BCUT2D eigenvalue weighted by Gasteiger charge is -1.86. The van der Waals surface area contributed by atoms with E-state index in [0.717, 1.165) is 11.1 Å². The molecule has 2 heterocycles. The standard InChI is InChI=1S/C6H5N3O/c1-4-5-2-8-10-6(5)3-7-9-4/h2-3H,1H3. The van der Waals surface area contributed by atoms with Crippen molar-refractivity contribution < 1.29 is 4.52 Å². The van der Waals surface area contributed by atoms with Crippen molar-refractivity contribution in [1.29, 1.82) is 0 Å². The lowest BCUT2D eigenvalue weighted by molar-refractivity contribution is 0.455. The van der Waals surface area contributed by atoms with Crippen LogP contribution in [0.15, 0.2) is 16.9 Å². The summed E-state index contributed by atoms with van der Waals surface area (Å²) in [5, 5.41) is 12.1. The minimum atomic E-state index is 0.688. The summed E-state index contributed by atoms with van der Waals surface area (Å²) in [5.74, 6) is 0. The van der Waals surface area contributed by atoms with E-state index in [1.54, 1.807) is 12.4 Å². The highest BCUT2D eigenvalue weighted by Crippen LogP contribution is 2.12. The molecule has 0 bridgehead atoms. The fraction of sp³-hybridized carbons (Fsp3) is 0.167. The first kappa shape index (κ1) is 5.34. The maximum absolute atomic E-state index is 4.85. The molecule has 0 aliphatic rings. The molecule has 0 unspecified atom stereocenters. The van der Waals surface area contributed by atoms with Crippen molar-refractivity contribution in [2.45, 2.75) is 6.92 Å². The summed E-state index contributed by atoms with van der Waals surface area (Å²) in [6.45, 7) is 1.87. The van der Waals surface area contributed by atoms with Gasteiger partial charge in [0, 0.05) is 0 Å². The van der Waals surface area contributed by atoms with E-state index in [0.29, 0.717) is 5.58 Å². The predicted octanol–water partition coefficient (Wildman–Crippen LogP) is 0.926. The van der Waals surface area contributed by atoms with E-state index >= 15 is 0 Å². The third kappa shape index (κ3) is 0.586. The van der Waals surface area contributed by atoms with E-state index in [2.05, 4.69) is 15.4 Å². The second kappa shape index (κ2) is 1.76. The molecule has 0 radical (unpaired) electrons. The van der Waals surface area contributed by atoms with Crippen LogP contribution in [0.2, 0.25) is 0 Å². The fourth-order valence-electron chi connectivity index (χ4n) is 0.835. The quantitative estimate of drug-likeness (QED) is 0.539. The van der Waals surface area contributed by atoms with Crippen LogP contribution < -0.4 is 0 Å². The number of aryl methyl sites for hydroxylation is 1. The average Bonchev–Trinajstić information content (AvgIpc) is 2.36. The predicted molar refractivity (Wildman–Crippen MR) is 34.3 cm³/mol. The smallest absolute Gasteiger partial charge is 0.188 e. The van der Waals surface area contributed by atoms with Crippen LogP contribution in [-0.4, -0.2) is 15.4 Å². The van der Waals surface area contributed by atoms with E-state index in [1.807, 2.05) is 6.92 Å². The summed E-state index contributed by atoms with van der Waals surface area (Å²) >= 11 is 0. The van der Waals surface area contributed by atoms with E-state index in [-0.39, 0.29) is 0 Å². The number of fused-ring (bicyclic) bond motifs is 1. The van der Waals surface area contributed by atoms with Crippen LogP contribution in [0.25, 0.3) is 11.0 Å².